The summed E-state index contributed by atoms with van der Waals surface area (Å²) >= 11 is 0. The van der Waals surface area contributed by atoms with Crippen molar-refractivity contribution in [3.63, 3.8) is 0 Å². The summed E-state index contributed by atoms with van der Waals surface area (Å²) < 4.78 is 1.81. The van der Waals surface area contributed by atoms with Gasteiger partial charge in [0.15, 0.2) is 7.05 Å². The van der Waals surface area contributed by atoms with E-state index in [0.717, 1.165) is 16.8 Å². The summed E-state index contributed by atoms with van der Waals surface area (Å²) in [4.78, 5) is 4.35. The van der Waals surface area contributed by atoms with Crippen LogP contribution in [0.2, 0.25) is 0 Å². The molecule has 0 aliphatic rings. The van der Waals surface area contributed by atoms with Crippen LogP contribution in [-0.4, -0.2) is 11.3 Å². The van der Waals surface area contributed by atoms with Gasteiger partial charge in [0.05, 0.1) is 0 Å². The Hall–Kier alpha value is -1.71. The zero-order chi connectivity index (χ0) is 15.4. The molecule has 3 nitrogen and oxygen atoms in total. The predicted molar refractivity (Wildman–Crippen MR) is 87.1 cm³/mol. The molecular formula is C19H16N3Y-. The van der Waals surface area contributed by atoms with Gasteiger partial charge in [0, 0.05) is 32.7 Å². The molecule has 23 heavy (non-hydrogen) atoms. The van der Waals surface area contributed by atoms with Crippen LogP contribution in [0.3, 0.4) is 0 Å². The smallest absolute Gasteiger partial charge is 0.161 e. The summed E-state index contributed by atoms with van der Waals surface area (Å²) in [5.74, 6) is 0. The van der Waals surface area contributed by atoms with Crippen LogP contribution in [0.25, 0.3) is 11.3 Å². The summed E-state index contributed by atoms with van der Waals surface area (Å²) in [7, 11) is 1.91. The van der Waals surface area contributed by atoms with Crippen molar-refractivity contribution in [2.45, 2.75) is 6.92 Å². The van der Waals surface area contributed by atoms with Crippen molar-refractivity contribution in [3.8, 4) is 11.3 Å². The molecule has 0 amide bonds. The van der Waals surface area contributed by atoms with Crippen molar-refractivity contribution in [3.05, 3.63) is 78.0 Å². The van der Waals surface area contributed by atoms with Gasteiger partial charge in [0.25, 0.3) is 0 Å². The molecule has 0 spiro atoms. The number of aromatic nitrogens is 2. The van der Waals surface area contributed by atoms with Crippen LogP contribution in [0.4, 0.5) is 5.69 Å². The molecule has 111 valence electrons. The number of hydrogen-bond donors (Lipinski definition) is 0. The fraction of sp³-hybridized carbons (Fsp3) is 0.105. The van der Waals surface area contributed by atoms with Crippen molar-refractivity contribution in [1.82, 2.24) is 5.10 Å². The Balaban J connectivity index is 0.00000192. The molecule has 0 saturated heterocycles. The van der Waals surface area contributed by atoms with E-state index < -0.39 is 0 Å². The second kappa shape index (κ2) is 8.23. The standard InChI is InChI=1S/C19H16N3.Y/c1-15-8-6-7-11-18(15)19-12-17(14-21-22(19)2)20-13-16-9-4-3-5-10-16;/h3-11,14H,1-2H3;/q-1;. The Morgan fingerprint density at radius 2 is 1.74 bits per heavy atom. The van der Waals surface area contributed by atoms with Crippen molar-refractivity contribution in [1.29, 1.82) is 0 Å². The maximum atomic E-state index is 4.36. The maximum absolute atomic E-state index is 4.36. The Kier molecular flexibility index (Phi) is 6.32. The fourth-order valence-corrected chi connectivity index (χ4v) is 2.21. The fourth-order valence-electron chi connectivity index (χ4n) is 2.21. The van der Waals surface area contributed by atoms with Gasteiger partial charge < -0.3 is 4.99 Å². The number of aliphatic imine (C=N–C) groups is 1. The first-order valence-corrected chi connectivity index (χ1v) is 7.10. The summed E-state index contributed by atoms with van der Waals surface area (Å²) in [5, 5.41) is 4.36. The SMILES string of the molecule is Cc1ccccc1-c1[c-]c(N=[C-]c2ccccc2)cn[n+]1C.[Y]. The van der Waals surface area contributed by atoms with Gasteiger partial charge in [-0.25, -0.2) is 0 Å². The van der Waals surface area contributed by atoms with E-state index in [2.05, 4.69) is 41.4 Å². The molecule has 0 fully saturated rings. The zero-order valence-corrected chi connectivity index (χ0v) is 16.0. The molecule has 3 aromatic rings. The summed E-state index contributed by atoms with van der Waals surface area (Å²) in [5.41, 5.74) is 4.80. The van der Waals surface area contributed by atoms with Gasteiger partial charge in [-0.1, -0.05) is 47.5 Å². The molecule has 4 heteroatoms. The van der Waals surface area contributed by atoms with E-state index in [9.17, 15) is 0 Å². The Labute approximate surface area is 162 Å². The molecule has 0 atom stereocenters. The van der Waals surface area contributed by atoms with E-state index in [4.69, 9.17) is 0 Å². The van der Waals surface area contributed by atoms with Gasteiger partial charge in [-0.05, 0) is 18.0 Å². The zero-order valence-electron chi connectivity index (χ0n) is 13.2. The van der Waals surface area contributed by atoms with Gasteiger partial charge >= 0.3 is 0 Å². The third kappa shape index (κ3) is 4.40. The van der Waals surface area contributed by atoms with Gasteiger partial charge in [-0.15, -0.1) is 46.6 Å². The topological polar surface area (TPSA) is 29.1 Å². The normalized spacial score (nSPS) is 10.5. The number of nitrogens with zero attached hydrogens (tertiary/aromatic N) is 3. The molecule has 0 saturated carbocycles. The first kappa shape index (κ1) is 17.6. The van der Waals surface area contributed by atoms with E-state index in [0.29, 0.717) is 5.69 Å². The number of rotatable bonds is 3. The molecule has 2 aromatic carbocycles. The van der Waals surface area contributed by atoms with Gasteiger partial charge in [-0.2, -0.15) is 0 Å². The van der Waals surface area contributed by atoms with E-state index in [-0.39, 0.29) is 32.7 Å². The Morgan fingerprint density at radius 3 is 2.48 bits per heavy atom. The maximum Gasteiger partial charge on any atom is 0.161 e. The minimum atomic E-state index is 0. The van der Waals surface area contributed by atoms with Crippen molar-refractivity contribution < 1.29 is 37.4 Å². The molecule has 0 unspecified atom stereocenters. The van der Waals surface area contributed by atoms with E-state index in [1.165, 1.54) is 5.56 Å². The van der Waals surface area contributed by atoms with E-state index in [1.54, 1.807) is 6.20 Å². The molecule has 3 rings (SSSR count). The minimum absolute atomic E-state index is 0. The van der Waals surface area contributed by atoms with Crippen LogP contribution in [0.1, 0.15) is 11.1 Å². The number of aryl methyl sites for hydroxylation is 2. The monoisotopic (exact) mass is 375 g/mol. The predicted octanol–water partition coefficient (Wildman–Crippen LogP) is 3.31. The summed E-state index contributed by atoms with van der Waals surface area (Å²) in [6.07, 6.45) is 4.71. The molecule has 0 bridgehead atoms. The molecular weight excluding hydrogens is 359 g/mol. The van der Waals surface area contributed by atoms with Crippen molar-refractivity contribution >= 4 is 11.9 Å². The largest absolute Gasteiger partial charge is 0.376 e. The average Bonchev–Trinajstić information content (AvgIpc) is 2.56. The molecule has 1 heterocycles. The molecule has 0 aliphatic carbocycles. The van der Waals surface area contributed by atoms with Gasteiger partial charge in [-0.3, -0.25) is 0 Å². The second-order valence-electron chi connectivity index (χ2n) is 5.03. The van der Waals surface area contributed by atoms with Crippen LogP contribution in [0.15, 0.2) is 65.8 Å². The number of benzene rings is 2. The molecule has 0 N–H and O–H groups in total. The molecule has 1 aromatic heterocycles. The average molecular weight is 375 g/mol. The van der Waals surface area contributed by atoms with Gasteiger partial charge in [0.2, 0.25) is 0 Å². The second-order valence-corrected chi connectivity index (χ2v) is 5.03. The quantitative estimate of drug-likeness (QED) is 0.392. The number of hydrogen-bond acceptors (Lipinski definition) is 2. The minimum Gasteiger partial charge on any atom is -0.376 e. The van der Waals surface area contributed by atoms with E-state index in [1.807, 2.05) is 54.2 Å². The molecule has 1 radical (unpaired) electrons. The van der Waals surface area contributed by atoms with Crippen molar-refractivity contribution in [2.75, 3.05) is 0 Å². The van der Waals surface area contributed by atoms with Crippen LogP contribution in [0, 0.1) is 13.0 Å². The Bertz CT molecular complexity index is 814. The van der Waals surface area contributed by atoms with Crippen LogP contribution in [0.5, 0.6) is 0 Å². The van der Waals surface area contributed by atoms with Crippen LogP contribution >= 0.6 is 0 Å². The van der Waals surface area contributed by atoms with Crippen molar-refractivity contribution in [2.24, 2.45) is 12.0 Å². The Morgan fingerprint density at radius 1 is 1.04 bits per heavy atom. The van der Waals surface area contributed by atoms with Crippen LogP contribution in [-0.2, 0) is 39.8 Å². The third-order valence-electron chi connectivity index (χ3n) is 3.40. The first-order chi connectivity index (χ1) is 10.7. The summed E-state index contributed by atoms with van der Waals surface area (Å²) in [6, 6.07) is 21.3. The van der Waals surface area contributed by atoms with Crippen LogP contribution < -0.4 is 4.68 Å². The van der Waals surface area contributed by atoms with E-state index >= 15 is 0 Å². The molecule has 0 aliphatic heterocycles. The third-order valence-corrected chi connectivity index (χ3v) is 3.40. The van der Waals surface area contributed by atoms with Gasteiger partial charge in [0.1, 0.15) is 5.69 Å². The first-order valence-electron chi connectivity index (χ1n) is 7.10. The summed E-state index contributed by atoms with van der Waals surface area (Å²) in [6.45, 7) is 2.08.